The fourth-order valence-corrected chi connectivity index (χ4v) is 1.51. The van der Waals surface area contributed by atoms with E-state index in [9.17, 15) is 4.79 Å². The smallest absolute Gasteiger partial charge is 0.407 e. The molecule has 14 heavy (non-hydrogen) atoms. The number of nitrogens with one attached hydrogen (secondary N) is 1. The zero-order valence-corrected chi connectivity index (χ0v) is 8.28. The van der Waals surface area contributed by atoms with Crippen molar-refractivity contribution in [2.24, 2.45) is 0 Å². The Morgan fingerprint density at radius 1 is 1.71 bits per heavy atom. The molecule has 0 aromatic carbocycles. The van der Waals surface area contributed by atoms with Gasteiger partial charge in [-0.2, -0.15) is 5.10 Å². The molecule has 1 aromatic rings. The van der Waals surface area contributed by atoms with E-state index in [1.54, 1.807) is 10.9 Å². The van der Waals surface area contributed by atoms with Crippen LogP contribution < -0.4 is 10.1 Å². The Bertz CT molecular complexity index is 359. The molecule has 2 rings (SSSR count). The first kappa shape index (κ1) is 9.05. The van der Waals surface area contributed by atoms with Gasteiger partial charge in [-0.05, 0) is 13.3 Å². The molecule has 1 atom stereocenters. The van der Waals surface area contributed by atoms with Crippen LogP contribution >= 0.6 is 0 Å². The highest BCUT2D eigenvalue weighted by Gasteiger charge is 2.25. The number of rotatable bonds is 2. The van der Waals surface area contributed by atoms with Crippen LogP contribution in [-0.2, 0) is 6.54 Å². The Morgan fingerprint density at radius 2 is 2.50 bits per heavy atom. The molecule has 0 spiro atoms. The van der Waals surface area contributed by atoms with E-state index >= 15 is 0 Å². The maximum absolute atomic E-state index is 11.0. The predicted octanol–water partition coefficient (Wildman–Crippen LogP) is 1.46. The second kappa shape index (κ2) is 3.32. The van der Waals surface area contributed by atoms with Crippen molar-refractivity contribution < 1.29 is 9.53 Å². The average Bonchev–Trinajstić information content (AvgIpc) is 2.48. The molecule has 2 heterocycles. The minimum atomic E-state index is -0.402. The molecule has 0 bridgehead atoms. The third kappa shape index (κ3) is 1.45. The van der Waals surface area contributed by atoms with E-state index < -0.39 is 6.09 Å². The normalized spacial score (nSPS) is 19.9. The van der Waals surface area contributed by atoms with Gasteiger partial charge < -0.3 is 10.1 Å². The van der Waals surface area contributed by atoms with Crippen LogP contribution in [0.3, 0.4) is 0 Å². The SMILES string of the molecule is CCCn1cc2c(n1)C(C)NC(=O)O2. The van der Waals surface area contributed by atoms with Crippen LogP contribution in [0.2, 0.25) is 0 Å². The van der Waals surface area contributed by atoms with Crippen molar-refractivity contribution in [3.05, 3.63) is 11.9 Å². The van der Waals surface area contributed by atoms with E-state index in [4.69, 9.17) is 4.74 Å². The fourth-order valence-electron chi connectivity index (χ4n) is 1.51. The van der Waals surface area contributed by atoms with E-state index in [1.807, 2.05) is 6.92 Å². The maximum Gasteiger partial charge on any atom is 0.413 e. The van der Waals surface area contributed by atoms with Crippen LogP contribution in [0.15, 0.2) is 6.20 Å². The largest absolute Gasteiger partial charge is 0.413 e. The number of aromatic nitrogens is 2. The average molecular weight is 195 g/mol. The summed E-state index contributed by atoms with van der Waals surface area (Å²) >= 11 is 0. The first-order valence-corrected chi connectivity index (χ1v) is 4.76. The van der Waals surface area contributed by atoms with E-state index in [0.717, 1.165) is 18.7 Å². The van der Waals surface area contributed by atoms with E-state index in [2.05, 4.69) is 17.3 Å². The predicted molar refractivity (Wildman–Crippen MR) is 50.1 cm³/mol. The maximum atomic E-state index is 11.0. The number of hydrogen-bond acceptors (Lipinski definition) is 3. The number of aryl methyl sites for hydroxylation is 1. The summed E-state index contributed by atoms with van der Waals surface area (Å²) in [6.07, 6.45) is 2.38. The van der Waals surface area contributed by atoms with Gasteiger partial charge in [-0.3, -0.25) is 4.68 Å². The molecule has 0 aliphatic carbocycles. The first-order chi connectivity index (χ1) is 6.70. The number of hydrogen-bond donors (Lipinski definition) is 1. The third-order valence-electron chi connectivity index (χ3n) is 2.15. The van der Waals surface area contributed by atoms with Crippen molar-refractivity contribution in [1.29, 1.82) is 0 Å². The number of carbonyl (C=O) groups is 1. The Kier molecular flexibility index (Phi) is 2.15. The van der Waals surface area contributed by atoms with Gasteiger partial charge in [0.15, 0.2) is 5.75 Å². The summed E-state index contributed by atoms with van der Waals surface area (Å²) in [5.74, 6) is 0.578. The third-order valence-corrected chi connectivity index (χ3v) is 2.15. The highest BCUT2D eigenvalue weighted by Crippen LogP contribution is 2.27. The number of carbonyl (C=O) groups excluding carboxylic acids is 1. The number of ether oxygens (including phenoxy) is 1. The van der Waals surface area contributed by atoms with E-state index in [1.165, 1.54) is 0 Å². The molecule has 1 unspecified atom stereocenters. The quantitative estimate of drug-likeness (QED) is 0.777. The van der Waals surface area contributed by atoms with Gasteiger partial charge in [0, 0.05) is 6.54 Å². The van der Waals surface area contributed by atoms with Crippen LogP contribution in [0.4, 0.5) is 4.79 Å². The zero-order valence-electron chi connectivity index (χ0n) is 8.28. The van der Waals surface area contributed by atoms with Crippen LogP contribution in [0, 0.1) is 0 Å². The van der Waals surface area contributed by atoms with Gasteiger partial charge in [-0.25, -0.2) is 4.79 Å². The second-order valence-electron chi connectivity index (χ2n) is 3.40. The highest BCUT2D eigenvalue weighted by molar-refractivity contribution is 5.73. The number of nitrogens with zero attached hydrogens (tertiary/aromatic N) is 2. The molecule has 0 radical (unpaired) electrons. The summed E-state index contributed by atoms with van der Waals surface area (Å²) in [4.78, 5) is 11.0. The molecule has 1 aromatic heterocycles. The van der Waals surface area contributed by atoms with Crippen LogP contribution in [0.25, 0.3) is 0 Å². The van der Waals surface area contributed by atoms with Gasteiger partial charge in [0.1, 0.15) is 5.69 Å². The molecule has 0 fully saturated rings. The molecule has 1 aliphatic rings. The van der Waals surface area contributed by atoms with Crippen molar-refractivity contribution in [3.63, 3.8) is 0 Å². The van der Waals surface area contributed by atoms with Gasteiger partial charge in [0.25, 0.3) is 0 Å². The summed E-state index contributed by atoms with van der Waals surface area (Å²) in [5.41, 5.74) is 0.804. The lowest BCUT2D eigenvalue weighted by Gasteiger charge is -2.17. The molecule has 1 amide bonds. The van der Waals surface area contributed by atoms with Crippen molar-refractivity contribution in [3.8, 4) is 5.75 Å². The molecular formula is C9H13N3O2. The van der Waals surface area contributed by atoms with Gasteiger partial charge in [0.2, 0.25) is 0 Å². The Hall–Kier alpha value is -1.52. The van der Waals surface area contributed by atoms with Crippen molar-refractivity contribution >= 4 is 6.09 Å². The molecule has 1 N–H and O–H groups in total. The monoisotopic (exact) mass is 195 g/mol. The topological polar surface area (TPSA) is 56.2 Å². The van der Waals surface area contributed by atoms with Crippen molar-refractivity contribution in [1.82, 2.24) is 15.1 Å². The lowest BCUT2D eigenvalue weighted by Crippen LogP contribution is -2.34. The summed E-state index contributed by atoms with van der Waals surface area (Å²) in [6.45, 7) is 4.81. The van der Waals surface area contributed by atoms with E-state index in [-0.39, 0.29) is 6.04 Å². The second-order valence-corrected chi connectivity index (χ2v) is 3.40. The Morgan fingerprint density at radius 3 is 3.21 bits per heavy atom. The van der Waals surface area contributed by atoms with Crippen molar-refractivity contribution in [2.75, 3.05) is 0 Å². The summed E-state index contributed by atoms with van der Waals surface area (Å²) in [6, 6.07) is -0.0654. The Labute approximate surface area is 82.0 Å². The molecule has 0 saturated heterocycles. The van der Waals surface area contributed by atoms with Crippen LogP contribution in [0.5, 0.6) is 5.75 Å². The lowest BCUT2D eigenvalue weighted by atomic mass is 10.2. The molecule has 5 nitrogen and oxygen atoms in total. The standard InChI is InChI=1S/C9H13N3O2/c1-3-4-12-5-7-8(11-12)6(2)10-9(13)14-7/h5-6H,3-4H2,1-2H3,(H,10,13). The van der Waals surface area contributed by atoms with Crippen LogP contribution in [0.1, 0.15) is 32.0 Å². The summed E-state index contributed by atoms with van der Waals surface area (Å²) < 4.78 is 6.80. The summed E-state index contributed by atoms with van der Waals surface area (Å²) in [7, 11) is 0. The number of fused-ring (bicyclic) bond motifs is 1. The summed E-state index contributed by atoms with van der Waals surface area (Å²) in [5, 5.41) is 6.99. The van der Waals surface area contributed by atoms with Gasteiger partial charge in [-0.15, -0.1) is 0 Å². The lowest BCUT2D eigenvalue weighted by molar-refractivity contribution is 0.189. The van der Waals surface area contributed by atoms with Crippen LogP contribution in [-0.4, -0.2) is 15.9 Å². The first-order valence-electron chi connectivity index (χ1n) is 4.76. The molecule has 0 saturated carbocycles. The number of amides is 1. The molecule has 1 aliphatic heterocycles. The minimum absolute atomic E-state index is 0.0654. The molecule has 5 heteroatoms. The van der Waals surface area contributed by atoms with Gasteiger partial charge in [0.05, 0.1) is 12.2 Å². The molecular weight excluding hydrogens is 182 g/mol. The van der Waals surface area contributed by atoms with Crippen molar-refractivity contribution in [2.45, 2.75) is 32.9 Å². The molecule has 76 valence electrons. The Balaban J connectivity index is 2.30. The minimum Gasteiger partial charge on any atom is -0.407 e. The van der Waals surface area contributed by atoms with Gasteiger partial charge in [-0.1, -0.05) is 6.92 Å². The van der Waals surface area contributed by atoms with Gasteiger partial charge >= 0.3 is 6.09 Å². The zero-order chi connectivity index (χ0) is 10.1. The highest BCUT2D eigenvalue weighted by atomic mass is 16.6. The van der Waals surface area contributed by atoms with E-state index in [0.29, 0.717) is 5.75 Å². The fraction of sp³-hybridized carbons (Fsp3) is 0.556.